The average Bonchev–Trinajstić information content (AvgIpc) is 3.00. The lowest BCUT2D eigenvalue weighted by Crippen LogP contribution is -1.81. The normalized spacial score (nSPS) is 13.7. The third-order valence-corrected chi connectivity index (χ3v) is 2.27. The van der Waals surface area contributed by atoms with Crippen LogP contribution in [0.2, 0.25) is 0 Å². The Balaban J connectivity index is 0.000000187. The number of hydrogen-bond acceptors (Lipinski definition) is 1. The molecule has 1 aromatic rings. The fraction of sp³-hybridized carbons (Fsp3) is 0.417. The molecule has 0 saturated heterocycles. The van der Waals surface area contributed by atoms with Crippen molar-refractivity contribution >= 4 is 0 Å². The fourth-order valence-electron chi connectivity index (χ4n) is 1.14. The molecule has 1 nitrogen and oxygen atoms in total. The van der Waals surface area contributed by atoms with E-state index in [4.69, 9.17) is 5.26 Å². The van der Waals surface area contributed by atoms with Crippen LogP contribution >= 0.6 is 0 Å². The van der Waals surface area contributed by atoms with Gasteiger partial charge in [0, 0.05) is 6.07 Å². The summed E-state index contributed by atoms with van der Waals surface area (Å²) in [7, 11) is 0. The number of hydrogen-bond donors (Lipinski definition) is 0. The van der Waals surface area contributed by atoms with Gasteiger partial charge in [-0.25, -0.2) is 8.78 Å². The molecular formula is C12H13F2N. The van der Waals surface area contributed by atoms with E-state index in [9.17, 15) is 8.78 Å². The van der Waals surface area contributed by atoms with Crippen molar-refractivity contribution in [1.29, 1.82) is 5.26 Å². The van der Waals surface area contributed by atoms with E-state index < -0.39 is 11.6 Å². The molecular weight excluding hydrogens is 196 g/mol. The quantitative estimate of drug-likeness (QED) is 0.692. The molecule has 1 fully saturated rings. The smallest absolute Gasteiger partial charge is 0.127 e. The maximum absolute atomic E-state index is 12.2. The van der Waals surface area contributed by atoms with E-state index in [-0.39, 0.29) is 5.56 Å². The summed E-state index contributed by atoms with van der Waals surface area (Å²) < 4.78 is 24.4. The van der Waals surface area contributed by atoms with Crippen LogP contribution in [0.4, 0.5) is 8.78 Å². The Morgan fingerprint density at radius 1 is 1.27 bits per heavy atom. The van der Waals surface area contributed by atoms with Gasteiger partial charge in [0.15, 0.2) is 0 Å². The zero-order valence-corrected chi connectivity index (χ0v) is 8.63. The summed E-state index contributed by atoms with van der Waals surface area (Å²) in [5.74, 6) is -0.317. The molecule has 0 atom stereocenters. The van der Waals surface area contributed by atoms with Crippen molar-refractivity contribution in [2.45, 2.75) is 26.2 Å². The molecule has 1 aliphatic carbocycles. The van der Waals surface area contributed by atoms with Crippen LogP contribution in [-0.2, 0) is 0 Å². The number of rotatable bonds is 1. The highest BCUT2D eigenvalue weighted by molar-refractivity contribution is 5.29. The molecule has 1 aliphatic rings. The van der Waals surface area contributed by atoms with E-state index in [1.54, 1.807) is 6.07 Å². The minimum atomic E-state index is -0.725. The van der Waals surface area contributed by atoms with Crippen molar-refractivity contribution in [2.75, 3.05) is 0 Å². The summed E-state index contributed by atoms with van der Waals surface area (Å²) in [6.07, 6.45) is 4.44. The SMILES string of the molecule is CCC1CC1.N#Cc1cc(F)cc(F)c1. The van der Waals surface area contributed by atoms with Crippen LogP contribution < -0.4 is 0 Å². The molecule has 80 valence electrons. The summed E-state index contributed by atoms with van der Waals surface area (Å²) >= 11 is 0. The van der Waals surface area contributed by atoms with E-state index in [1.165, 1.54) is 19.3 Å². The standard InChI is InChI=1S/C7H3F2N.C5H10/c8-6-1-5(4-10)2-7(9)3-6;1-2-5-3-4-5/h1-3H;5H,2-4H2,1H3. The molecule has 15 heavy (non-hydrogen) atoms. The molecule has 3 heteroatoms. The number of benzene rings is 1. The van der Waals surface area contributed by atoms with Crippen LogP contribution in [0.15, 0.2) is 18.2 Å². The Labute approximate surface area is 88.3 Å². The minimum Gasteiger partial charge on any atom is -0.207 e. The Bertz CT molecular complexity index is 344. The molecule has 0 heterocycles. The second-order valence-corrected chi connectivity index (χ2v) is 3.62. The summed E-state index contributed by atoms with van der Waals surface area (Å²) in [4.78, 5) is 0. The lowest BCUT2D eigenvalue weighted by Gasteiger charge is -1.89. The van der Waals surface area contributed by atoms with Gasteiger partial charge in [-0.1, -0.05) is 26.2 Å². The van der Waals surface area contributed by atoms with Gasteiger partial charge in [-0.2, -0.15) is 5.26 Å². The third-order valence-electron chi connectivity index (χ3n) is 2.27. The number of nitrogens with zero attached hydrogens (tertiary/aromatic N) is 1. The summed E-state index contributed by atoms with van der Waals surface area (Å²) in [5.41, 5.74) is -0.00231. The maximum Gasteiger partial charge on any atom is 0.127 e. The maximum atomic E-state index is 12.2. The molecule has 0 aromatic heterocycles. The van der Waals surface area contributed by atoms with Crippen LogP contribution in [-0.4, -0.2) is 0 Å². The van der Waals surface area contributed by atoms with Gasteiger partial charge < -0.3 is 0 Å². The molecule has 0 bridgehead atoms. The topological polar surface area (TPSA) is 23.8 Å². The summed E-state index contributed by atoms with van der Waals surface area (Å²) in [5, 5.41) is 8.20. The van der Waals surface area contributed by atoms with Crippen molar-refractivity contribution in [3.8, 4) is 6.07 Å². The zero-order chi connectivity index (χ0) is 11.3. The van der Waals surface area contributed by atoms with Gasteiger partial charge in [0.1, 0.15) is 11.6 Å². The van der Waals surface area contributed by atoms with E-state index in [0.29, 0.717) is 0 Å². The largest absolute Gasteiger partial charge is 0.207 e. The van der Waals surface area contributed by atoms with Gasteiger partial charge in [0.25, 0.3) is 0 Å². The van der Waals surface area contributed by atoms with Crippen LogP contribution in [0.25, 0.3) is 0 Å². The fourth-order valence-corrected chi connectivity index (χ4v) is 1.14. The van der Waals surface area contributed by atoms with Gasteiger partial charge in [-0.05, 0) is 18.1 Å². The molecule has 0 radical (unpaired) electrons. The molecule has 1 aromatic carbocycles. The first-order chi connectivity index (χ1) is 7.15. The lowest BCUT2D eigenvalue weighted by atomic mass is 10.2. The Hall–Kier alpha value is -1.43. The van der Waals surface area contributed by atoms with Crippen molar-refractivity contribution in [2.24, 2.45) is 5.92 Å². The van der Waals surface area contributed by atoms with Crippen LogP contribution in [0.3, 0.4) is 0 Å². The van der Waals surface area contributed by atoms with E-state index in [1.807, 2.05) is 0 Å². The van der Waals surface area contributed by atoms with Crippen molar-refractivity contribution < 1.29 is 8.78 Å². The average molecular weight is 209 g/mol. The highest BCUT2D eigenvalue weighted by Gasteiger charge is 2.17. The Kier molecular flexibility index (Phi) is 4.23. The monoisotopic (exact) mass is 209 g/mol. The molecule has 0 unspecified atom stereocenters. The minimum absolute atomic E-state index is 0.00231. The van der Waals surface area contributed by atoms with Crippen LogP contribution in [0.1, 0.15) is 31.7 Å². The van der Waals surface area contributed by atoms with Crippen molar-refractivity contribution in [3.05, 3.63) is 35.4 Å². The number of nitriles is 1. The van der Waals surface area contributed by atoms with Crippen LogP contribution in [0, 0.1) is 28.9 Å². The first-order valence-electron chi connectivity index (χ1n) is 5.02. The Morgan fingerprint density at radius 2 is 1.80 bits per heavy atom. The predicted molar refractivity (Wildman–Crippen MR) is 54.1 cm³/mol. The predicted octanol–water partition coefficient (Wildman–Crippen LogP) is 3.64. The molecule has 1 saturated carbocycles. The number of halogens is 2. The Morgan fingerprint density at radius 3 is 2.07 bits per heavy atom. The van der Waals surface area contributed by atoms with Gasteiger partial charge in [0.2, 0.25) is 0 Å². The molecule has 0 amide bonds. The van der Waals surface area contributed by atoms with E-state index in [0.717, 1.165) is 24.1 Å². The van der Waals surface area contributed by atoms with Crippen molar-refractivity contribution in [1.82, 2.24) is 0 Å². The van der Waals surface area contributed by atoms with Gasteiger partial charge in [-0.15, -0.1) is 0 Å². The highest BCUT2D eigenvalue weighted by atomic mass is 19.1. The molecule has 0 spiro atoms. The van der Waals surface area contributed by atoms with Gasteiger partial charge >= 0.3 is 0 Å². The highest BCUT2D eigenvalue weighted by Crippen LogP contribution is 2.31. The molecule has 2 rings (SSSR count). The summed E-state index contributed by atoms with van der Waals surface area (Å²) in [6, 6.07) is 4.30. The summed E-state index contributed by atoms with van der Waals surface area (Å²) in [6.45, 7) is 2.26. The first kappa shape index (κ1) is 11.6. The second-order valence-electron chi connectivity index (χ2n) is 3.62. The first-order valence-corrected chi connectivity index (χ1v) is 5.02. The second kappa shape index (κ2) is 5.45. The lowest BCUT2D eigenvalue weighted by molar-refractivity contribution is 0.582. The van der Waals surface area contributed by atoms with Gasteiger partial charge in [-0.3, -0.25) is 0 Å². The molecule has 0 N–H and O–H groups in total. The third kappa shape index (κ3) is 4.55. The van der Waals surface area contributed by atoms with Crippen LogP contribution in [0.5, 0.6) is 0 Å². The van der Waals surface area contributed by atoms with E-state index >= 15 is 0 Å². The van der Waals surface area contributed by atoms with Gasteiger partial charge in [0.05, 0.1) is 11.6 Å². The molecule has 0 aliphatic heterocycles. The zero-order valence-electron chi connectivity index (χ0n) is 8.63. The van der Waals surface area contributed by atoms with Crippen molar-refractivity contribution in [3.63, 3.8) is 0 Å². The van der Waals surface area contributed by atoms with E-state index in [2.05, 4.69) is 6.92 Å².